The first kappa shape index (κ1) is 13.9. The van der Waals surface area contributed by atoms with E-state index in [-0.39, 0.29) is 5.01 Å². The Bertz CT molecular complexity index is 593. The fourth-order valence-electron chi connectivity index (χ4n) is 1.32. The zero-order chi connectivity index (χ0) is 13.7. The van der Waals surface area contributed by atoms with Crippen LogP contribution in [0.2, 0.25) is 0 Å². The third kappa shape index (κ3) is 3.97. The van der Waals surface area contributed by atoms with E-state index in [4.69, 9.17) is 4.74 Å². The third-order valence-corrected chi connectivity index (χ3v) is 3.58. The summed E-state index contributed by atoms with van der Waals surface area (Å²) < 4.78 is 5.89. The van der Waals surface area contributed by atoms with Crippen LogP contribution in [0.4, 0.5) is 0 Å². The van der Waals surface area contributed by atoms with Gasteiger partial charge in [0.2, 0.25) is 5.01 Å². The first-order chi connectivity index (χ1) is 9.19. The molecule has 0 atom stereocenters. The summed E-state index contributed by atoms with van der Waals surface area (Å²) in [6.45, 7) is 2.09. The molecule has 0 radical (unpaired) electrons. The van der Waals surface area contributed by atoms with Crippen LogP contribution < -0.4 is 0 Å². The van der Waals surface area contributed by atoms with Crippen molar-refractivity contribution in [3.05, 3.63) is 44.3 Å². The highest BCUT2D eigenvalue weighted by Crippen LogP contribution is 2.16. The van der Waals surface area contributed by atoms with E-state index < -0.39 is 5.97 Å². The lowest BCUT2D eigenvalue weighted by Gasteiger charge is -1.94. The first-order valence-electron chi connectivity index (χ1n) is 5.63. The van der Waals surface area contributed by atoms with Crippen molar-refractivity contribution in [2.24, 2.45) is 0 Å². The molecule has 1 aromatic heterocycles. The summed E-state index contributed by atoms with van der Waals surface area (Å²) in [4.78, 5) is 11.4. The van der Waals surface area contributed by atoms with Gasteiger partial charge in [0.25, 0.3) is 0 Å². The molecule has 0 saturated heterocycles. The summed E-state index contributed by atoms with van der Waals surface area (Å²) in [6.07, 6.45) is 3.74. The molecule has 0 aliphatic carbocycles. The number of aromatic nitrogens is 2. The number of rotatable bonds is 4. The van der Waals surface area contributed by atoms with Gasteiger partial charge in [-0.1, -0.05) is 45.5 Å². The van der Waals surface area contributed by atoms with Gasteiger partial charge in [-0.15, -0.1) is 10.2 Å². The summed E-state index contributed by atoms with van der Waals surface area (Å²) in [5, 5.41) is 8.67. The van der Waals surface area contributed by atoms with Gasteiger partial charge in [0.05, 0.1) is 6.61 Å². The largest absolute Gasteiger partial charge is 0.461 e. The van der Waals surface area contributed by atoms with E-state index in [9.17, 15) is 4.79 Å². The number of ether oxygens (including phenoxy) is 1. The maximum atomic E-state index is 11.4. The molecular formula is C13H11BrN2O2S. The summed E-state index contributed by atoms with van der Waals surface area (Å²) in [7, 11) is 0. The van der Waals surface area contributed by atoms with Crippen molar-refractivity contribution in [2.75, 3.05) is 6.61 Å². The highest BCUT2D eigenvalue weighted by molar-refractivity contribution is 9.10. The van der Waals surface area contributed by atoms with Crippen LogP contribution in [0.5, 0.6) is 0 Å². The van der Waals surface area contributed by atoms with E-state index in [0.717, 1.165) is 10.0 Å². The van der Waals surface area contributed by atoms with Gasteiger partial charge < -0.3 is 4.74 Å². The van der Waals surface area contributed by atoms with Crippen molar-refractivity contribution >= 4 is 45.4 Å². The average molecular weight is 339 g/mol. The summed E-state index contributed by atoms with van der Waals surface area (Å²) in [6, 6.07) is 7.88. The quantitative estimate of drug-likeness (QED) is 0.798. The Morgan fingerprint density at radius 2 is 2.05 bits per heavy atom. The second kappa shape index (κ2) is 6.58. The minimum atomic E-state index is -0.428. The monoisotopic (exact) mass is 338 g/mol. The van der Waals surface area contributed by atoms with Crippen LogP contribution in [-0.2, 0) is 4.74 Å². The Labute approximate surface area is 123 Å². The number of halogens is 1. The SMILES string of the molecule is CCOC(=O)c1nnc(C=Cc2ccc(Br)cc2)s1. The highest BCUT2D eigenvalue weighted by atomic mass is 79.9. The molecule has 2 rings (SSSR count). The number of benzene rings is 1. The number of hydrogen-bond acceptors (Lipinski definition) is 5. The standard InChI is InChI=1S/C13H11BrN2O2S/c1-2-18-13(17)12-16-15-11(19-12)8-5-9-3-6-10(14)7-4-9/h3-8H,2H2,1H3. The first-order valence-corrected chi connectivity index (χ1v) is 7.24. The molecule has 0 aliphatic heterocycles. The van der Waals surface area contributed by atoms with E-state index in [0.29, 0.717) is 11.6 Å². The van der Waals surface area contributed by atoms with E-state index in [1.54, 1.807) is 6.92 Å². The van der Waals surface area contributed by atoms with Gasteiger partial charge in [-0.2, -0.15) is 0 Å². The molecule has 1 aromatic carbocycles. The Morgan fingerprint density at radius 3 is 2.74 bits per heavy atom. The van der Waals surface area contributed by atoms with Gasteiger partial charge >= 0.3 is 5.97 Å². The molecule has 0 aliphatic rings. The molecule has 0 unspecified atom stereocenters. The Morgan fingerprint density at radius 1 is 1.32 bits per heavy atom. The fraction of sp³-hybridized carbons (Fsp3) is 0.154. The molecule has 0 N–H and O–H groups in total. The smallest absolute Gasteiger partial charge is 0.369 e. The van der Waals surface area contributed by atoms with Gasteiger partial charge in [-0.3, -0.25) is 0 Å². The van der Waals surface area contributed by atoms with Crippen LogP contribution in [-0.4, -0.2) is 22.8 Å². The molecule has 2 aromatic rings. The molecule has 1 heterocycles. The molecule has 4 nitrogen and oxygen atoms in total. The number of nitrogens with zero attached hydrogens (tertiary/aromatic N) is 2. The van der Waals surface area contributed by atoms with Crippen molar-refractivity contribution in [3.8, 4) is 0 Å². The lowest BCUT2D eigenvalue weighted by molar-refractivity contribution is 0.0525. The lowest BCUT2D eigenvalue weighted by atomic mass is 10.2. The van der Waals surface area contributed by atoms with E-state index >= 15 is 0 Å². The van der Waals surface area contributed by atoms with Crippen molar-refractivity contribution in [1.29, 1.82) is 0 Å². The van der Waals surface area contributed by atoms with Gasteiger partial charge in [0, 0.05) is 4.47 Å². The maximum absolute atomic E-state index is 11.4. The number of esters is 1. The molecule has 19 heavy (non-hydrogen) atoms. The summed E-state index contributed by atoms with van der Waals surface area (Å²) in [5.41, 5.74) is 1.05. The zero-order valence-electron chi connectivity index (χ0n) is 10.2. The Balaban J connectivity index is 2.07. The number of hydrogen-bond donors (Lipinski definition) is 0. The van der Waals surface area contributed by atoms with Crippen LogP contribution in [0.3, 0.4) is 0 Å². The zero-order valence-corrected chi connectivity index (χ0v) is 12.6. The fourth-order valence-corrected chi connectivity index (χ4v) is 2.22. The molecule has 0 amide bonds. The van der Waals surface area contributed by atoms with Gasteiger partial charge in [-0.05, 0) is 30.7 Å². The summed E-state index contributed by atoms with van der Waals surface area (Å²) >= 11 is 4.59. The van der Waals surface area contributed by atoms with Gasteiger partial charge in [0.15, 0.2) is 0 Å². The predicted octanol–water partition coefficient (Wildman–Crippen LogP) is 3.65. The van der Waals surface area contributed by atoms with Crippen LogP contribution in [0.15, 0.2) is 28.7 Å². The number of carbonyl (C=O) groups excluding carboxylic acids is 1. The van der Waals surface area contributed by atoms with Crippen LogP contribution in [0.25, 0.3) is 12.2 Å². The normalized spacial score (nSPS) is 10.8. The third-order valence-electron chi connectivity index (χ3n) is 2.18. The average Bonchev–Trinajstić information content (AvgIpc) is 2.87. The maximum Gasteiger partial charge on any atom is 0.369 e. The van der Waals surface area contributed by atoms with Gasteiger partial charge in [0.1, 0.15) is 5.01 Å². The Kier molecular flexibility index (Phi) is 4.81. The summed E-state index contributed by atoms with van der Waals surface area (Å²) in [5.74, 6) is -0.428. The minimum absolute atomic E-state index is 0.275. The highest BCUT2D eigenvalue weighted by Gasteiger charge is 2.12. The number of carbonyl (C=O) groups is 1. The molecule has 0 saturated carbocycles. The topological polar surface area (TPSA) is 52.1 Å². The molecule has 6 heteroatoms. The molecule has 0 spiro atoms. The van der Waals surface area contributed by atoms with Crippen molar-refractivity contribution < 1.29 is 9.53 Å². The second-order valence-electron chi connectivity index (χ2n) is 3.55. The second-order valence-corrected chi connectivity index (χ2v) is 5.48. The molecule has 98 valence electrons. The van der Waals surface area contributed by atoms with Crippen molar-refractivity contribution in [2.45, 2.75) is 6.92 Å². The van der Waals surface area contributed by atoms with Gasteiger partial charge in [-0.25, -0.2) is 4.79 Å². The van der Waals surface area contributed by atoms with Crippen molar-refractivity contribution in [3.63, 3.8) is 0 Å². The van der Waals surface area contributed by atoms with E-state index in [1.165, 1.54) is 11.3 Å². The van der Waals surface area contributed by atoms with Crippen molar-refractivity contribution in [1.82, 2.24) is 10.2 Å². The lowest BCUT2D eigenvalue weighted by Crippen LogP contribution is -2.03. The molecule has 0 bridgehead atoms. The molecular weight excluding hydrogens is 328 g/mol. The van der Waals surface area contributed by atoms with E-state index in [1.807, 2.05) is 36.4 Å². The van der Waals surface area contributed by atoms with Crippen LogP contribution in [0, 0.1) is 0 Å². The van der Waals surface area contributed by atoms with Crippen LogP contribution in [0.1, 0.15) is 27.3 Å². The predicted molar refractivity (Wildman–Crippen MR) is 78.9 cm³/mol. The van der Waals surface area contributed by atoms with E-state index in [2.05, 4.69) is 26.1 Å². The minimum Gasteiger partial charge on any atom is -0.461 e. The van der Waals surface area contributed by atoms with Crippen LogP contribution >= 0.6 is 27.3 Å². The molecule has 0 fully saturated rings. The Hall–Kier alpha value is -1.53.